The first-order valence-electron chi connectivity index (χ1n) is 5.24. The zero-order valence-electron chi connectivity index (χ0n) is 9.27. The number of nitrogens with zero attached hydrogens (tertiary/aromatic N) is 1. The molecule has 1 aliphatic heterocycles. The van der Waals surface area contributed by atoms with Crippen molar-refractivity contribution >= 4 is 27.6 Å². The van der Waals surface area contributed by atoms with Crippen molar-refractivity contribution in [2.75, 3.05) is 18.5 Å². The number of carboxylic acids is 1. The minimum atomic E-state index is -0.730. The number of hydrogen-bond acceptors (Lipinski definition) is 2. The number of aliphatic carboxylic acids is 1. The van der Waals surface area contributed by atoms with Crippen LogP contribution in [0.2, 0.25) is 0 Å². The van der Waals surface area contributed by atoms with Crippen LogP contribution >= 0.6 is 15.9 Å². The van der Waals surface area contributed by atoms with E-state index >= 15 is 0 Å². The van der Waals surface area contributed by atoms with Crippen molar-refractivity contribution in [3.8, 4) is 0 Å². The summed E-state index contributed by atoms with van der Waals surface area (Å²) in [6.07, 6.45) is 0. The number of hydrogen-bond donors (Lipinski definition) is 1. The molecule has 0 aromatic heterocycles. The van der Waals surface area contributed by atoms with Crippen LogP contribution in [0.5, 0.6) is 0 Å². The number of rotatable bonds is 2. The third-order valence-corrected chi connectivity index (χ3v) is 3.76. The maximum atomic E-state index is 11.1. The first-order chi connectivity index (χ1) is 7.50. The van der Waals surface area contributed by atoms with Gasteiger partial charge in [0, 0.05) is 29.7 Å². The second kappa shape index (κ2) is 4.09. The molecule has 2 unspecified atom stereocenters. The summed E-state index contributed by atoms with van der Waals surface area (Å²) in [6, 6.07) is 6.06. The molecule has 2 rings (SSSR count). The third-order valence-electron chi connectivity index (χ3n) is 3.26. The smallest absolute Gasteiger partial charge is 0.306 e. The molecule has 1 aliphatic rings. The molecule has 0 fully saturated rings. The standard InChI is InChI=1S/C12H14BrNO2/c1-7(12(15)16)10-6-14(2)11-4-3-8(13)5-9(10)11/h3-5,7,10H,6H2,1-2H3,(H,15,16). The Bertz CT molecular complexity index is 433. The second-order valence-electron chi connectivity index (χ2n) is 4.32. The lowest BCUT2D eigenvalue weighted by Gasteiger charge is -2.16. The molecule has 86 valence electrons. The molecule has 0 aliphatic carbocycles. The van der Waals surface area contributed by atoms with Crippen LogP contribution in [-0.2, 0) is 4.79 Å². The van der Waals surface area contributed by atoms with Crippen molar-refractivity contribution in [1.29, 1.82) is 0 Å². The molecule has 0 spiro atoms. The van der Waals surface area contributed by atoms with E-state index in [-0.39, 0.29) is 11.8 Å². The Labute approximate surface area is 103 Å². The average molecular weight is 284 g/mol. The van der Waals surface area contributed by atoms with Crippen LogP contribution < -0.4 is 4.90 Å². The van der Waals surface area contributed by atoms with Gasteiger partial charge in [-0.1, -0.05) is 22.9 Å². The Balaban J connectivity index is 2.41. The molecule has 4 heteroatoms. The Kier molecular flexibility index (Phi) is 2.93. The van der Waals surface area contributed by atoms with Crippen molar-refractivity contribution in [1.82, 2.24) is 0 Å². The normalized spacial score (nSPS) is 20.7. The van der Waals surface area contributed by atoms with Crippen LogP contribution in [0.1, 0.15) is 18.4 Å². The lowest BCUT2D eigenvalue weighted by atomic mass is 9.89. The van der Waals surface area contributed by atoms with E-state index in [4.69, 9.17) is 5.11 Å². The van der Waals surface area contributed by atoms with E-state index in [1.165, 1.54) is 0 Å². The van der Waals surface area contributed by atoms with Gasteiger partial charge in [0.25, 0.3) is 0 Å². The fourth-order valence-electron chi connectivity index (χ4n) is 2.26. The largest absolute Gasteiger partial charge is 0.481 e. The van der Waals surface area contributed by atoms with Gasteiger partial charge in [-0.05, 0) is 23.8 Å². The maximum Gasteiger partial charge on any atom is 0.306 e. The maximum absolute atomic E-state index is 11.1. The molecular formula is C12H14BrNO2. The third kappa shape index (κ3) is 1.82. The van der Waals surface area contributed by atoms with Gasteiger partial charge in [0.1, 0.15) is 0 Å². The lowest BCUT2D eigenvalue weighted by Crippen LogP contribution is -2.23. The summed E-state index contributed by atoms with van der Waals surface area (Å²) in [5.41, 5.74) is 2.27. The van der Waals surface area contributed by atoms with Crippen LogP contribution in [0.3, 0.4) is 0 Å². The molecule has 0 saturated carbocycles. The molecule has 1 heterocycles. The van der Waals surface area contributed by atoms with Gasteiger partial charge in [0.2, 0.25) is 0 Å². The zero-order valence-corrected chi connectivity index (χ0v) is 10.9. The summed E-state index contributed by atoms with van der Waals surface area (Å²) in [5.74, 6) is -1.00. The topological polar surface area (TPSA) is 40.5 Å². The number of benzene rings is 1. The minimum Gasteiger partial charge on any atom is -0.481 e. The molecule has 16 heavy (non-hydrogen) atoms. The van der Waals surface area contributed by atoms with Gasteiger partial charge in [0.15, 0.2) is 0 Å². The molecule has 0 radical (unpaired) electrons. The number of carboxylic acid groups (broad SMARTS) is 1. The van der Waals surface area contributed by atoms with E-state index in [0.29, 0.717) is 0 Å². The number of carbonyl (C=O) groups is 1. The molecule has 1 aromatic rings. The highest BCUT2D eigenvalue weighted by Gasteiger charge is 2.33. The number of anilines is 1. The average Bonchev–Trinajstić information content (AvgIpc) is 2.54. The Hall–Kier alpha value is -1.03. The molecule has 3 nitrogen and oxygen atoms in total. The van der Waals surface area contributed by atoms with Crippen LogP contribution in [-0.4, -0.2) is 24.7 Å². The first-order valence-corrected chi connectivity index (χ1v) is 6.03. The van der Waals surface area contributed by atoms with Crippen molar-refractivity contribution in [2.24, 2.45) is 5.92 Å². The van der Waals surface area contributed by atoms with Gasteiger partial charge in [-0.25, -0.2) is 0 Å². The summed E-state index contributed by atoms with van der Waals surface area (Å²) >= 11 is 3.43. The lowest BCUT2D eigenvalue weighted by molar-refractivity contribution is -0.141. The Morgan fingerprint density at radius 3 is 2.94 bits per heavy atom. The van der Waals surface area contributed by atoms with Gasteiger partial charge in [-0.3, -0.25) is 4.79 Å². The molecule has 2 atom stereocenters. The highest BCUT2D eigenvalue weighted by molar-refractivity contribution is 9.10. The van der Waals surface area contributed by atoms with Gasteiger partial charge in [-0.2, -0.15) is 0 Å². The fraction of sp³-hybridized carbons (Fsp3) is 0.417. The number of likely N-dealkylation sites (N-methyl/N-ethyl adjacent to an activating group) is 1. The van der Waals surface area contributed by atoms with Crippen LogP contribution in [0.4, 0.5) is 5.69 Å². The molecule has 0 saturated heterocycles. The highest BCUT2D eigenvalue weighted by Crippen LogP contribution is 2.40. The van der Waals surface area contributed by atoms with Crippen LogP contribution in [0, 0.1) is 5.92 Å². The van der Waals surface area contributed by atoms with E-state index in [9.17, 15) is 4.79 Å². The SMILES string of the molecule is CC(C(=O)O)C1CN(C)c2ccc(Br)cc21. The number of halogens is 1. The molecule has 1 N–H and O–H groups in total. The summed E-state index contributed by atoms with van der Waals surface area (Å²) < 4.78 is 1.00. The Morgan fingerprint density at radius 1 is 1.62 bits per heavy atom. The highest BCUT2D eigenvalue weighted by atomic mass is 79.9. The quantitative estimate of drug-likeness (QED) is 0.907. The van der Waals surface area contributed by atoms with E-state index in [2.05, 4.69) is 20.8 Å². The Morgan fingerprint density at radius 2 is 2.31 bits per heavy atom. The molecule has 0 bridgehead atoms. The van der Waals surface area contributed by atoms with Gasteiger partial charge in [-0.15, -0.1) is 0 Å². The van der Waals surface area contributed by atoms with Gasteiger partial charge in [0.05, 0.1) is 5.92 Å². The van der Waals surface area contributed by atoms with Crippen LogP contribution in [0.25, 0.3) is 0 Å². The monoisotopic (exact) mass is 283 g/mol. The van der Waals surface area contributed by atoms with Crippen molar-refractivity contribution in [3.63, 3.8) is 0 Å². The summed E-state index contributed by atoms with van der Waals surface area (Å²) in [5, 5.41) is 9.09. The van der Waals surface area contributed by atoms with Crippen molar-refractivity contribution in [3.05, 3.63) is 28.2 Å². The van der Waals surface area contributed by atoms with E-state index in [0.717, 1.165) is 22.3 Å². The first kappa shape index (κ1) is 11.5. The van der Waals surface area contributed by atoms with Gasteiger partial charge < -0.3 is 10.0 Å². The van der Waals surface area contributed by atoms with E-state index in [1.807, 2.05) is 25.2 Å². The molecule has 0 amide bonds. The van der Waals surface area contributed by atoms with Crippen molar-refractivity contribution in [2.45, 2.75) is 12.8 Å². The zero-order chi connectivity index (χ0) is 11.9. The summed E-state index contributed by atoms with van der Waals surface area (Å²) in [4.78, 5) is 13.2. The van der Waals surface area contributed by atoms with Crippen molar-refractivity contribution < 1.29 is 9.90 Å². The number of fused-ring (bicyclic) bond motifs is 1. The fourth-order valence-corrected chi connectivity index (χ4v) is 2.64. The molecule has 1 aromatic carbocycles. The van der Waals surface area contributed by atoms with Gasteiger partial charge >= 0.3 is 5.97 Å². The predicted octanol–water partition coefficient (Wildman–Crippen LogP) is 2.70. The van der Waals surface area contributed by atoms with E-state index in [1.54, 1.807) is 6.92 Å². The molecular weight excluding hydrogens is 270 g/mol. The summed E-state index contributed by atoms with van der Waals surface area (Å²) in [6.45, 7) is 2.55. The minimum absolute atomic E-state index is 0.0787. The predicted molar refractivity (Wildman–Crippen MR) is 67.0 cm³/mol. The summed E-state index contributed by atoms with van der Waals surface area (Å²) in [7, 11) is 2.00. The van der Waals surface area contributed by atoms with E-state index < -0.39 is 5.97 Å². The second-order valence-corrected chi connectivity index (χ2v) is 5.23. The van der Waals surface area contributed by atoms with Crippen LogP contribution in [0.15, 0.2) is 22.7 Å².